The molecular formula is C15H19N3S. The van der Waals surface area contributed by atoms with Crippen molar-refractivity contribution in [3.8, 4) is 10.7 Å². The van der Waals surface area contributed by atoms with E-state index >= 15 is 0 Å². The first-order chi connectivity index (χ1) is 9.29. The fraction of sp³-hybridized carbons (Fsp3) is 0.467. The number of aryl methyl sites for hydroxylation is 2. The minimum atomic E-state index is 0.893. The van der Waals surface area contributed by atoms with Crippen LogP contribution in [0.2, 0.25) is 0 Å². The van der Waals surface area contributed by atoms with E-state index in [1.807, 2.05) is 0 Å². The number of hydrogen-bond donors (Lipinski definition) is 1. The van der Waals surface area contributed by atoms with Crippen LogP contribution in [0, 0.1) is 6.92 Å². The summed E-state index contributed by atoms with van der Waals surface area (Å²) in [7, 11) is 0. The van der Waals surface area contributed by atoms with Gasteiger partial charge in [-0.05, 0) is 56.5 Å². The van der Waals surface area contributed by atoms with E-state index in [1.54, 1.807) is 11.3 Å². The summed E-state index contributed by atoms with van der Waals surface area (Å²) in [4.78, 5) is 10.8. The van der Waals surface area contributed by atoms with Crippen molar-refractivity contribution in [1.29, 1.82) is 0 Å². The molecule has 0 saturated heterocycles. The standard InChI is InChI=1S/C15H19N3S/c1-3-16-14-11-6-4-5-7-12(11)17-15(18-14)13-10(2)8-9-19-13/h8-9H,3-7H2,1-2H3,(H,16,17,18). The summed E-state index contributed by atoms with van der Waals surface area (Å²) in [6.07, 6.45) is 4.71. The molecule has 4 heteroatoms. The summed E-state index contributed by atoms with van der Waals surface area (Å²) < 4.78 is 0. The van der Waals surface area contributed by atoms with Crippen LogP contribution in [-0.4, -0.2) is 16.5 Å². The molecule has 100 valence electrons. The van der Waals surface area contributed by atoms with Crippen LogP contribution >= 0.6 is 11.3 Å². The van der Waals surface area contributed by atoms with Crippen molar-refractivity contribution >= 4 is 17.2 Å². The summed E-state index contributed by atoms with van der Waals surface area (Å²) in [5.74, 6) is 1.94. The lowest BCUT2D eigenvalue weighted by atomic mass is 9.96. The number of fused-ring (bicyclic) bond motifs is 1. The van der Waals surface area contributed by atoms with Crippen LogP contribution in [0.4, 0.5) is 5.82 Å². The quantitative estimate of drug-likeness (QED) is 0.923. The monoisotopic (exact) mass is 273 g/mol. The van der Waals surface area contributed by atoms with Crippen LogP contribution in [0.1, 0.15) is 36.6 Å². The molecule has 0 aliphatic heterocycles. The van der Waals surface area contributed by atoms with E-state index in [1.165, 1.54) is 34.5 Å². The second-order valence-corrected chi connectivity index (χ2v) is 5.91. The van der Waals surface area contributed by atoms with Gasteiger partial charge in [0.1, 0.15) is 5.82 Å². The lowest BCUT2D eigenvalue weighted by Gasteiger charge is -2.19. The number of nitrogens with one attached hydrogen (secondary N) is 1. The highest BCUT2D eigenvalue weighted by molar-refractivity contribution is 7.13. The number of hydrogen-bond acceptors (Lipinski definition) is 4. The highest BCUT2D eigenvalue weighted by Gasteiger charge is 2.19. The summed E-state index contributed by atoms with van der Waals surface area (Å²) in [5.41, 5.74) is 3.86. The Kier molecular flexibility index (Phi) is 3.51. The maximum absolute atomic E-state index is 4.82. The van der Waals surface area contributed by atoms with Crippen LogP contribution in [0.15, 0.2) is 11.4 Å². The Bertz CT molecular complexity index is 589. The third-order valence-electron chi connectivity index (χ3n) is 3.59. The van der Waals surface area contributed by atoms with Gasteiger partial charge < -0.3 is 5.32 Å². The van der Waals surface area contributed by atoms with Gasteiger partial charge in [-0.25, -0.2) is 9.97 Å². The Morgan fingerprint density at radius 1 is 1.26 bits per heavy atom. The molecule has 0 unspecified atom stereocenters. The summed E-state index contributed by atoms with van der Waals surface area (Å²) in [6.45, 7) is 5.15. The zero-order valence-electron chi connectivity index (χ0n) is 11.5. The summed E-state index contributed by atoms with van der Waals surface area (Å²) >= 11 is 1.73. The smallest absolute Gasteiger partial charge is 0.172 e. The molecule has 3 rings (SSSR count). The molecule has 0 fully saturated rings. The second-order valence-electron chi connectivity index (χ2n) is 4.99. The molecule has 0 spiro atoms. The summed E-state index contributed by atoms with van der Waals surface area (Å²) in [6, 6.07) is 2.13. The molecule has 1 N–H and O–H groups in total. The molecule has 1 aliphatic rings. The molecule has 0 amide bonds. The Morgan fingerprint density at radius 3 is 2.84 bits per heavy atom. The fourth-order valence-electron chi connectivity index (χ4n) is 2.61. The fourth-order valence-corrected chi connectivity index (χ4v) is 3.47. The van der Waals surface area contributed by atoms with Gasteiger partial charge in [0.05, 0.1) is 4.88 Å². The van der Waals surface area contributed by atoms with E-state index < -0.39 is 0 Å². The van der Waals surface area contributed by atoms with Gasteiger partial charge in [0.25, 0.3) is 0 Å². The van der Waals surface area contributed by atoms with Gasteiger partial charge in [-0.15, -0.1) is 11.3 Å². The van der Waals surface area contributed by atoms with Crippen LogP contribution in [-0.2, 0) is 12.8 Å². The van der Waals surface area contributed by atoms with Gasteiger partial charge in [0, 0.05) is 17.8 Å². The second kappa shape index (κ2) is 5.29. The molecule has 0 bridgehead atoms. The van der Waals surface area contributed by atoms with Crippen molar-refractivity contribution in [2.24, 2.45) is 0 Å². The molecule has 2 aromatic rings. The Balaban J connectivity index is 2.11. The minimum absolute atomic E-state index is 0.893. The van der Waals surface area contributed by atoms with Crippen molar-refractivity contribution in [3.63, 3.8) is 0 Å². The Morgan fingerprint density at radius 2 is 2.11 bits per heavy atom. The van der Waals surface area contributed by atoms with Crippen LogP contribution in [0.25, 0.3) is 10.7 Å². The molecule has 0 aromatic carbocycles. The van der Waals surface area contributed by atoms with Crippen LogP contribution in [0.3, 0.4) is 0 Å². The first-order valence-electron chi connectivity index (χ1n) is 6.97. The molecule has 0 atom stereocenters. The molecule has 0 saturated carbocycles. The van der Waals surface area contributed by atoms with Crippen LogP contribution < -0.4 is 5.32 Å². The maximum atomic E-state index is 4.82. The molecule has 2 heterocycles. The highest BCUT2D eigenvalue weighted by atomic mass is 32.1. The van der Waals surface area contributed by atoms with Crippen LogP contribution in [0.5, 0.6) is 0 Å². The lowest BCUT2D eigenvalue weighted by Crippen LogP contribution is -2.13. The van der Waals surface area contributed by atoms with Crippen molar-refractivity contribution in [2.45, 2.75) is 39.5 Å². The first-order valence-corrected chi connectivity index (χ1v) is 7.85. The van der Waals surface area contributed by atoms with E-state index in [4.69, 9.17) is 9.97 Å². The summed E-state index contributed by atoms with van der Waals surface area (Å²) in [5, 5.41) is 5.52. The van der Waals surface area contributed by atoms with Crippen molar-refractivity contribution in [3.05, 3.63) is 28.3 Å². The zero-order chi connectivity index (χ0) is 13.2. The van der Waals surface area contributed by atoms with Gasteiger partial charge in [-0.3, -0.25) is 0 Å². The van der Waals surface area contributed by atoms with E-state index in [-0.39, 0.29) is 0 Å². The third-order valence-corrected chi connectivity index (χ3v) is 4.60. The van der Waals surface area contributed by atoms with Gasteiger partial charge in [0.2, 0.25) is 0 Å². The van der Waals surface area contributed by atoms with E-state index in [0.717, 1.165) is 31.0 Å². The molecule has 19 heavy (non-hydrogen) atoms. The molecule has 2 aromatic heterocycles. The average Bonchev–Trinajstić information content (AvgIpc) is 2.85. The van der Waals surface area contributed by atoms with Crippen molar-refractivity contribution in [1.82, 2.24) is 9.97 Å². The van der Waals surface area contributed by atoms with Gasteiger partial charge >= 0.3 is 0 Å². The maximum Gasteiger partial charge on any atom is 0.172 e. The highest BCUT2D eigenvalue weighted by Crippen LogP contribution is 2.31. The SMILES string of the molecule is CCNc1nc(-c2sccc2C)nc2c1CCCC2. The normalized spacial score (nSPS) is 14.2. The number of aromatic nitrogens is 2. The average molecular weight is 273 g/mol. The van der Waals surface area contributed by atoms with Crippen molar-refractivity contribution in [2.75, 3.05) is 11.9 Å². The van der Waals surface area contributed by atoms with Crippen molar-refractivity contribution < 1.29 is 0 Å². The number of thiophene rings is 1. The lowest BCUT2D eigenvalue weighted by molar-refractivity contribution is 0.665. The van der Waals surface area contributed by atoms with Gasteiger partial charge in [-0.1, -0.05) is 0 Å². The third kappa shape index (κ3) is 2.37. The first kappa shape index (κ1) is 12.6. The van der Waals surface area contributed by atoms with Gasteiger partial charge in [0.15, 0.2) is 5.82 Å². The predicted molar refractivity (Wildman–Crippen MR) is 80.9 cm³/mol. The Hall–Kier alpha value is -1.42. The molecular weight excluding hydrogens is 254 g/mol. The van der Waals surface area contributed by atoms with E-state index in [2.05, 4.69) is 30.6 Å². The number of anilines is 1. The molecule has 3 nitrogen and oxygen atoms in total. The molecule has 0 radical (unpaired) electrons. The van der Waals surface area contributed by atoms with E-state index in [0.29, 0.717) is 0 Å². The van der Waals surface area contributed by atoms with Gasteiger partial charge in [-0.2, -0.15) is 0 Å². The zero-order valence-corrected chi connectivity index (χ0v) is 12.3. The predicted octanol–water partition coefficient (Wildman–Crippen LogP) is 3.82. The van der Waals surface area contributed by atoms with E-state index in [9.17, 15) is 0 Å². The topological polar surface area (TPSA) is 37.8 Å². The largest absolute Gasteiger partial charge is 0.370 e. The minimum Gasteiger partial charge on any atom is -0.370 e. The molecule has 1 aliphatic carbocycles. The number of nitrogens with zero attached hydrogens (tertiary/aromatic N) is 2. The number of rotatable bonds is 3. The Labute approximate surface area is 118 Å².